The summed E-state index contributed by atoms with van der Waals surface area (Å²) in [5.74, 6) is 1.90. The number of anilines is 1. The third kappa shape index (κ3) is 3.36. The highest BCUT2D eigenvalue weighted by Gasteiger charge is 2.13. The maximum absolute atomic E-state index is 5.78. The van der Waals surface area contributed by atoms with Gasteiger partial charge in [0.2, 0.25) is 0 Å². The molecule has 2 rings (SSSR count). The van der Waals surface area contributed by atoms with Crippen molar-refractivity contribution in [3.63, 3.8) is 0 Å². The van der Waals surface area contributed by atoms with Gasteiger partial charge in [-0.25, -0.2) is 4.98 Å². The van der Waals surface area contributed by atoms with E-state index in [2.05, 4.69) is 11.8 Å². The van der Waals surface area contributed by atoms with Gasteiger partial charge in [-0.15, -0.1) is 11.3 Å². The molecule has 0 amide bonds. The summed E-state index contributed by atoms with van der Waals surface area (Å²) in [6.07, 6.45) is 2.09. The minimum Gasteiger partial charge on any atom is -0.464 e. The second-order valence-electron chi connectivity index (χ2n) is 4.69. The van der Waals surface area contributed by atoms with Gasteiger partial charge < -0.3 is 15.1 Å². The Balaban J connectivity index is 2.12. The predicted octanol–water partition coefficient (Wildman–Crippen LogP) is 3.09. The van der Waals surface area contributed by atoms with Crippen LogP contribution in [0.1, 0.15) is 35.4 Å². The normalized spacial score (nSPS) is 10.9. The molecule has 0 aliphatic rings. The Bertz CT molecular complexity index is 533. The summed E-state index contributed by atoms with van der Waals surface area (Å²) >= 11 is 1.68. The summed E-state index contributed by atoms with van der Waals surface area (Å²) in [4.78, 5) is 8.00. The number of aryl methyl sites for hydroxylation is 2. The van der Waals surface area contributed by atoms with Gasteiger partial charge in [-0.1, -0.05) is 13.3 Å². The second-order valence-corrected chi connectivity index (χ2v) is 5.75. The van der Waals surface area contributed by atoms with E-state index in [1.807, 2.05) is 26.1 Å². The zero-order valence-corrected chi connectivity index (χ0v) is 12.6. The Hall–Kier alpha value is -1.33. The second kappa shape index (κ2) is 6.21. The largest absolute Gasteiger partial charge is 0.464 e. The van der Waals surface area contributed by atoms with Gasteiger partial charge in [0.05, 0.1) is 12.2 Å². The van der Waals surface area contributed by atoms with Crippen LogP contribution < -0.4 is 10.6 Å². The molecule has 5 heteroatoms. The predicted molar refractivity (Wildman–Crippen MR) is 79.6 cm³/mol. The quantitative estimate of drug-likeness (QED) is 0.883. The van der Waals surface area contributed by atoms with Crippen LogP contribution in [0, 0.1) is 6.92 Å². The van der Waals surface area contributed by atoms with Crippen molar-refractivity contribution in [2.45, 2.75) is 39.8 Å². The first kappa shape index (κ1) is 14.1. The highest BCUT2D eigenvalue weighted by atomic mass is 32.1. The first-order valence-electron chi connectivity index (χ1n) is 6.59. The number of furan rings is 1. The average Bonchev–Trinajstić information content (AvgIpc) is 2.96. The molecule has 2 heterocycles. The van der Waals surface area contributed by atoms with Gasteiger partial charge in [0, 0.05) is 18.5 Å². The van der Waals surface area contributed by atoms with Crippen LogP contribution >= 0.6 is 11.3 Å². The van der Waals surface area contributed by atoms with Gasteiger partial charge in [-0.05, 0) is 25.5 Å². The number of thiazole rings is 1. The molecule has 0 bridgehead atoms. The molecular weight excluding hydrogens is 258 g/mol. The van der Waals surface area contributed by atoms with Crippen LogP contribution in [-0.2, 0) is 19.5 Å². The fourth-order valence-corrected chi connectivity index (χ4v) is 2.94. The number of nitrogens with two attached hydrogens (primary N) is 1. The molecule has 2 N–H and O–H groups in total. The Morgan fingerprint density at radius 1 is 1.42 bits per heavy atom. The molecule has 0 atom stereocenters. The standard InChI is InChI=1S/C14H21N3OS/c1-4-5-12-13(8-15)19-14(16-12)17(3)9-11-7-6-10(2)18-11/h6-7H,4-5,8-9,15H2,1-3H3. The molecule has 0 aromatic carbocycles. The van der Waals surface area contributed by atoms with E-state index in [-0.39, 0.29) is 0 Å². The van der Waals surface area contributed by atoms with Crippen molar-refractivity contribution in [3.05, 3.63) is 34.2 Å². The lowest BCUT2D eigenvalue weighted by atomic mass is 10.2. The first-order chi connectivity index (χ1) is 9.13. The Morgan fingerprint density at radius 2 is 2.21 bits per heavy atom. The topological polar surface area (TPSA) is 55.3 Å². The van der Waals surface area contributed by atoms with Crippen molar-refractivity contribution in [2.75, 3.05) is 11.9 Å². The zero-order chi connectivity index (χ0) is 13.8. The summed E-state index contributed by atoms with van der Waals surface area (Å²) in [5.41, 5.74) is 6.93. The van der Waals surface area contributed by atoms with E-state index in [1.165, 1.54) is 4.88 Å². The molecule has 0 radical (unpaired) electrons. The molecule has 0 spiro atoms. The van der Waals surface area contributed by atoms with E-state index < -0.39 is 0 Å². The Labute approximate surface area is 118 Å². The highest BCUT2D eigenvalue weighted by molar-refractivity contribution is 7.15. The van der Waals surface area contributed by atoms with Crippen LogP contribution in [0.25, 0.3) is 0 Å². The summed E-state index contributed by atoms with van der Waals surface area (Å²) < 4.78 is 5.60. The van der Waals surface area contributed by atoms with Gasteiger partial charge in [0.25, 0.3) is 0 Å². The van der Waals surface area contributed by atoms with Gasteiger partial charge in [-0.3, -0.25) is 0 Å². The summed E-state index contributed by atoms with van der Waals surface area (Å²) in [6, 6.07) is 4.00. The molecule has 19 heavy (non-hydrogen) atoms. The minimum absolute atomic E-state index is 0.570. The third-order valence-corrected chi connectivity index (χ3v) is 4.19. The fourth-order valence-electron chi connectivity index (χ4n) is 2.00. The highest BCUT2D eigenvalue weighted by Crippen LogP contribution is 2.27. The van der Waals surface area contributed by atoms with Gasteiger partial charge in [-0.2, -0.15) is 0 Å². The zero-order valence-electron chi connectivity index (χ0n) is 11.8. The molecule has 104 valence electrons. The van der Waals surface area contributed by atoms with E-state index in [9.17, 15) is 0 Å². The van der Waals surface area contributed by atoms with Crippen LogP contribution in [0.2, 0.25) is 0 Å². The molecule has 4 nitrogen and oxygen atoms in total. The maximum Gasteiger partial charge on any atom is 0.185 e. The SMILES string of the molecule is CCCc1nc(N(C)Cc2ccc(C)o2)sc1CN. The summed E-state index contributed by atoms with van der Waals surface area (Å²) in [7, 11) is 2.03. The number of rotatable bonds is 6. The van der Waals surface area contributed by atoms with Crippen LogP contribution in [0.4, 0.5) is 5.13 Å². The molecule has 0 fully saturated rings. The Kier molecular flexibility index (Phi) is 4.61. The lowest BCUT2D eigenvalue weighted by Crippen LogP contribution is -2.15. The first-order valence-corrected chi connectivity index (χ1v) is 7.40. The van der Waals surface area contributed by atoms with Crippen molar-refractivity contribution in [2.24, 2.45) is 5.73 Å². The molecule has 0 aliphatic heterocycles. The van der Waals surface area contributed by atoms with Crippen LogP contribution in [0.15, 0.2) is 16.5 Å². The Morgan fingerprint density at radius 3 is 2.79 bits per heavy atom. The van der Waals surface area contributed by atoms with Gasteiger partial charge in [0.1, 0.15) is 11.5 Å². The number of hydrogen-bond donors (Lipinski definition) is 1. The fraction of sp³-hybridized carbons (Fsp3) is 0.500. The number of nitrogens with zero attached hydrogens (tertiary/aromatic N) is 2. The molecule has 0 aliphatic carbocycles. The average molecular weight is 279 g/mol. The van der Waals surface area contributed by atoms with E-state index in [1.54, 1.807) is 11.3 Å². The van der Waals surface area contributed by atoms with Crippen LogP contribution in [-0.4, -0.2) is 12.0 Å². The molecular formula is C14H21N3OS. The van der Waals surface area contributed by atoms with Crippen LogP contribution in [0.3, 0.4) is 0 Å². The van der Waals surface area contributed by atoms with Crippen molar-refractivity contribution in [1.29, 1.82) is 0 Å². The molecule has 0 unspecified atom stereocenters. The summed E-state index contributed by atoms with van der Waals surface area (Å²) in [6.45, 7) is 5.42. The van der Waals surface area contributed by atoms with E-state index in [0.29, 0.717) is 6.54 Å². The minimum atomic E-state index is 0.570. The summed E-state index contributed by atoms with van der Waals surface area (Å²) in [5, 5.41) is 1.01. The molecule has 2 aromatic rings. The lowest BCUT2D eigenvalue weighted by molar-refractivity contribution is 0.481. The van der Waals surface area contributed by atoms with Crippen molar-refractivity contribution in [1.82, 2.24) is 4.98 Å². The monoisotopic (exact) mass is 279 g/mol. The maximum atomic E-state index is 5.78. The number of aromatic nitrogens is 1. The number of hydrogen-bond acceptors (Lipinski definition) is 5. The molecule has 2 aromatic heterocycles. The third-order valence-electron chi connectivity index (χ3n) is 2.95. The van der Waals surface area contributed by atoms with Gasteiger partial charge in [0.15, 0.2) is 5.13 Å². The molecule has 0 saturated carbocycles. The van der Waals surface area contributed by atoms with Crippen molar-refractivity contribution >= 4 is 16.5 Å². The smallest absolute Gasteiger partial charge is 0.185 e. The van der Waals surface area contributed by atoms with Gasteiger partial charge >= 0.3 is 0 Å². The van der Waals surface area contributed by atoms with E-state index >= 15 is 0 Å². The molecule has 0 saturated heterocycles. The van der Waals surface area contributed by atoms with E-state index in [0.717, 1.165) is 41.7 Å². The van der Waals surface area contributed by atoms with Crippen molar-refractivity contribution in [3.8, 4) is 0 Å². The lowest BCUT2D eigenvalue weighted by Gasteiger charge is -2.13. The van der Waals surface area contributed by atoms with Crippen LogP contribution in [0.5, 0.6) is 0 Å². The van der Waals surface area contributed by atoms with Crippen molar-refractivity contribution < 1.29 is 4.42 Å². The van der Waals surface area contributed by atoms with E-state index in [4.69, 9.17) is 15.1 Å².